The highest BCUT2D eigenvalue weighted by atomic mass is 35.5. The lowest BCUT2D eigenvalue weighted by molar-refractivity contribution is 0.627. The summed E-state index contributed by atoms with van der Waals surface area (Å²) in [6, 6.07) is 0. The highest BCUT2D eigenvalue weighted by Crippen LogP contribution is 2.04. The van der Waals surface area contributed by atoms with E-state index >= 15 is 0 Å². The van der Waals surface area contributed by atoms with Crippen LogP contribution in [0.5, 0.6) is 0 Å². The van der Waals surface area contributed by atoms with Crippen LogP contribution in [-0.4, -0.2) is 22.0 Å². The molecule has 0 fully saturated rings. The number of nitrogens with zero attached hydrogens (tertiary/aromatic N) is 2. The van der Waals surface area contributed by atoms with Crippen LogP contribution in [0.3, 0.4) is 0 Å². The fourth-order valence-corrected chi connectivity index (χ4v) is 1.03. The lowest BCUT2D eigenvalue weighted by Gasteiger charge is -2.07. The Morgan fingerprint density at radius 1 is 1.09 bits per heavy atom. The van der Waals surface area contributed by atoms with Gasteiger partial charge in [0.1, 0.15) is 0 Å². The van der Waals surface area contributed by atoms with Gasteiger partial charge in [-0.25, -0.2) is 0 Å². The summed E-state index contributed by atoms with van der Waals surface area (Å²) >= 11 is 0. The molecule has 0 aromatic carbocycles. The Kier molecular flexibility index (Phi) is 4.40. The molecule has 2 heterocycles. The highest BCUT2D eigenvalue weighted by Gasteiger charge is 2.10. The van der Waals surface area contributed by atoms with Gasteiger partial charge in [-0.3, -0.25) is 0 Å². The van der Waals surface area contributed by atoms with Gasteiger partial charge in [0.25, 0.3) is 0 Å². The third kappa shape index (κ3) is 2.05. The normalized spacial score (nSPS) is 14.2. The van der Waals surface area contributed by atoms with E-state index in [2.05, 4.69) is 20.7 Å². The van der Waals surface area contributed by atoms with E-state index in [0.29, 0.717) is 0 Å². The Morgan fingerprint density at radius 3 is 2.55 bits per heavy atom. The molecule has 0 radical (unpaired) electrons. The molecule has 2 rings (SSSR count). The number of fused-ring (bicyclic) bond motifs is 1. The number of nitrogens with one attached hydrogen (secondary N) is 2. The Balaban J connectivity index is 0.000000500. The molecule has 0 unspecified atom stereocenters. The number of aromatic nitrogens is 3. The van der Waals surface area contributed by atoms with Gasteiger partial charge in [-0.15, -0.1) is 24.8 Å². The molecule has 0 bridgehead atoms. The monoisotopic (exact) mass is 196 g/mol. The van der Waals surface area contributed by atoms with Crippen LogP contribution in [0.25, 0.3) is 0 Å². The second-order valence-electron chi connectivity index (χ2n) is 2.14. The van der Waals surface area contributed by atoms with E-state index in [0.717, 1.165) is 30.9 Å². The molecule has 6 heteroatoms. The lowest BCUT2D eigenvalue weighted by Crippen LogP contribution is -2.23. The zero-order valence-corrected chi connectivity index (χ0v) is 7.47. The molecule has 1 aliphatic heterocycles. The van der Waals surface area contributed by atoms with Crippen LogP contribution in [0, 0.1) is 0 Å². The van der Waals surface area contributed by atoms with E-state index in [-0.39, 0.29) is 24.8 Å². The maximum absolute atomic E-state index is 3.98. The zero-order chi connectivity index (χ0) is 6.10. The molecule has 11 heavy (non-hydrogen) atoms. The van der Waals surface area contributed by atoms with Gasteiger partial charge in [0.05, 0.1) is 11.4 Å². The summed E-state index contributed by atoms with van der Waals surface area (Å²) in [5, 5.41) is 13.7. The van der Waals surface area contributed by atoms with Crippen LogP contribution in [0.1, 0.15) is 11.4 Å². The molecular formula is C5H10Cl2N4. The Morgan fingerprint density at radius 2 is 1.82 bits per heavy atom. The van der Waals surface area contributed by atoms with E-state index in [1.54, 1.807) is 0 Å². The van der Waals surface area contributed by atoms with Crippen molar-refractivity contribution < 1.29 is 0 Å². The maximum Gasteiger partial charge on any atom is 0.0994 e. The number of aromatic amines is 1. The van der Waals surface area contributed by atoms with Gasteiger partial charge in [0.15, 0.2) is 0 Å². The van der Waals surface area contributed by atoms with E-state index in [1.807, 2.05) is 0 Å². The molecule has 1 aliphatic rings. The molecule has 0 aliphatic carbocycles. The average molecular weight is 197 g/mol. The molecular weight excluding hydrogens is 187 g/mol. The topological polar surface area (TPSA) is 53.6 Å². The summed E-state index contributed by atoms with van der Waals surface area (Å²) in [7, 11) is 0. The van der Waals surface area contributed by atoms with E-state index in [9.17, 15) is 0 Å². The van der Waals surface area contributed by atoms with Gasteiger partial charge >= 0.3 is 0 Å². The molecule has 0 spiro atoms. The summed E-state index contributed by atoms with van der Waals surface area (Å²) < 4.78 is 0. The summed E-state index contributed by atoms with van der Waals surface area (Å²) in [4.78, 5) is 0. The number of rotatable bonds is 0. The van der Waals surface area contributed by atoms with E-state index < -0.39 is 0 Å². The van der Waals surface area contributed by atoms with Crippen molar-refractivity contribution in [1.29, 1.82) is 0 Å². The molecule has 0 atom stereocenters. The Hall–Kier alpha value is -0.320. The van der Waals surface area contributed by atoms with Crippen LogP contribution < -0.4 is 5.32 Å². The smallest absolute Gasteiger partial charge is 0.0994 e. The first kappa shape index (κ1) is 10.7. The van der Waals surface area contributed by atoms with E-state index in [1.165, 1.54) is 0 Å². The maximum atomic E-state index is 3.98. The standard InChI is InChI=1S/C5H8N4.2ClH/c1-2-6-3-5-4(1)7-9-8-5;;/h6H,1-3H2,(H,7,8,9);2*1H. The first-order valence-corrected chi connectivity index (χ1v) is 3.06. The summed E-state index contributed by atoms with van der Waals surface area (Å²) in [6.07, 6.45) is 1.01. The van der Waals surface area contributed by atoms with Gasteiger partial charge < -0.3 is 5.32 Å². The minimum atomic E-state index is 0. The van der Waals surface area contributed by atoms with Crippen LogP contribution in [0.2, 0.25) is 0 Å². The summed E-state index contributed by atoms with van der Waals surface area (Å²) in [5.41, 5.74) is 2.19. The lowest BCUT2D eigenvalue weighted by atomic mass is 10.2. The van der Waals surface area contributed by atoms with Gasteiger partial charge in [-0.05, 0) is 0 Å². The van der Waals surface area contributed by atoms with E-state index in [4.69, 9.17) is 0 Å². The fourth-order valence-electron chi connectivity index (χ4n) is 1.03. The van der Waals surface area contributed by atoms with Crippen molar-refractivity contribution in [3.05, 3.63) is 11.4 Å². The molecule has 0 amide bonds. The van der Waals surface area contributed by atoms with Crippen molar-refractivity contribution in [2.24, 2.45) is 0 Å². The number of hydrogen-bond donors (Lipinski definition) is 2. The quantitative estimate of drug-likeness (QED) is 0.628. The number of hydrogen-bond acceptors (Lipinski definition) is 3. The van der Waals surface area contributed by atoms with Crippen molar-refractivity contribution >= 4 is 24.8 Å². The minimum absolute atomic E-state index is 0. The van der Waals surface area contributed by atoms with Crippen LogP contribution in [-0.2, 0) is 13.0 Å². The van der Waals surface area contributed by atoms with Crippen LogP contribution in [0.4, 0.5) is 0 Å². The SMILES string of the molecule is C1Cc2n[nH]nc2CN1.Cl.Cl. The third-order valence-electron chi connectivity index (χ3n) is 1.53. The molecule has 1 aromatic heterocycles. The van der Waals surface area contributed by atoms with Gasteiger partial charge in [-0.2, -0.15) is 15.4 Å². The molecule has 4 nitrogen and oxygen atoms in total. The first-order chi connectivity index (χ1) is 4.47. The predicted octanol–water partition coefficient (Wildman–Crippen LogP) is 0.294. The third-order valence-corrected chi connectivity index (χ3v) is 1.53. The molecule has 0 saturated heterocycles. The Labute approximate surface area is 77.0 Å². The molecule has 64 valence electrons. The second kappa shape index (κ2) is 4.54. The minimum Gasteiger partial charge on any atom is -0.311 e. The second-order valence-corrected chi connectivity index (χ2v) is 2.14. The molecule has 1 aromatic rings. The van der Waals surface area contributed by atoms with Crippen LogP contribution in [0.15, 0.2) is 0 Å². The average Bonchev–Trinajstić information content (AvgIpc) is 2.33. The van der Waals surface area contributed by atoms with Crippen molar-refractivity contribution in [2.45, 2.75) is 13.0 Å². The van der Waals surface area contributed by atoms with Crippen molar-refractivity contribution in [3.8, 4) is 0 Å². The number of H-pyrrole nitrogens is 1. The van der Waals surface area contributed by atoms with Crippen molar-refractivity contribution in [3.63, 3.8) is 0 Å². The van der Waals surface area contributed by atoms with Gasteiger partial charge in [0.2, 0.25) is 0 Å². The van der Waals surface area contributed by atoms with Gasteiger partial charge in [-0.1, -0.05) is 0 Å². The predicted molar refractivity (Wildman–Crippen MR) is 46.3 cm³/mol. The summed E-state index contributed by atoms with van der Waals surface area (Å²) in [6.45, 7) is 1.89. The number of halogens is 2. The van der Waals surface area contributed by atoms with Crippen molar-refractivity contribution in [1.82, 2.24) is 20.7 Å². The highest BCUT2D eigenvalue weighted by molar-refractivity contribution is 5.85. The summed E-state index contributed by atoms with van der Waals surface area (Å²) in [5.74, 6) is 0. The molecule has 0 saturated carbocycles. The first-order valence-electron chi connectivity index (χ1n) is 3.06. The van der Waals surface area contributed by atoms with Gasteiger partial charge in [0, 0.05) is 19.5 Å². The molecule has 2 N–H and O–H groups in total. The van der Waals surface area contributed by atoms with Crippen molar-refractivity contribution in [2.75, 3.05) is 6.54 Å². The Bertz CT molecular complexity index is 192. The fraction of sp³-hybridized carbons (Fsp3) is 0.600. The zero-order valence-electron chi connectivity index (χ0n) is 5.83. The van der Waals surface area contributed by atoms with Crippen LogP contribution >= 0.6 is 24.8 Å². The largest absolute Gasteiger partial charge is 0.311 e.